The van der Waals surface area contributed by atoms with Crippen LogP contribution in [0.25, 0.3) is 0 Å². The van der Waals surface area contributed by atoms with Crippen molar-refractivity contribution in [2.75, 3.05) is 0 Å². The molecule has 0 radical (unpaired) electrons. The molecular weight excluding hydrogens is 399 g/mol. The molecule has 158 valence electrons. The Labute approximate surface area is 170 Å². The van der Waals surface area contributed by atoms with Gasteiger partial charge < -0.3 is 14.6 Å². The number of benzene rings is 2. The predicted molar refractivity (Wildman–Crippen MR) is 101 cm³/mol. The van der Waals surface area contributed by atoms with Crippen LogP contribution in [0.2, 0.25) is 0 Å². The van der Waals surface area contributed by atoms with Crippen LogP contribution < -0.4 is 9.47 Å². The van der Waals surface area contributed by atoms with Crippen LogP contribution in [0.5, 0.6) is 17.2 Å². The van der Waals surface area contributed by atoms with E-state index in [1.54, 1.807) is 17.1 Å². The zero-order valence-electron chi connectivity index (χ0n) is 16.3. The van der Waals surface area contributed by atoms with Gasteiger partial charge in [0.25, 0.3) is 0 Å². The molecule has 0 aliphatic heterocycles. The van der Waals surface area contributed by atoms with E-state index in [1.165, 1.54) is 30.6 Å². The number of hydrogen-bond donors (Lipinski definition) is 1. The molecule has 1 N–H and O–H groups in total. The van der Waals surface area contributed by atoms with Gasteiger partial charge in [-0.05, 0) is 53.9 Å². The molecule has 1 aliphatic rings. The molecule has 0 saturated heterocycles. The molecule has 6 nitrogen and oxygen atoms in total. The summed E-state index contributed by atoms with van der Waals surface area (Å²) in [6.45, 7) is 4.25. The number of nitrogens with zero attached hydrogens (tertiary/aromatic N) is 3. The van der Waals surface area contributed by atoms with Crippen LogP contribution >= 0.6 is 0 Å². The monoisotopic (exact) mass is 419 g/mol. The molecule has 0 bridgehead atoms. The zero-order chi connectivity index (χ0) is 21.6. The van der Waals surface area contributed by atoms with Crippen molar-refractivity contribution in [3.05, 3.63) is 66.2 Å². The van der Waals surface area contributed by atoms with Gasteiger partial charge in [-0.25, -0.2) is 9.67 Å². The number of rotatable bonds is 5. The van der Waals surface area contributed by atoms with Gasteiger partial charge >= 0.3 is 6.36 Å². The predicted octanol–water partition coefficient (Wildman–Crippen LogP) is 4.44. The van der Waals surface area contributed by atoms with Gasteiger partial charge in [-0.1, -0.05) is 19.9 Å². The van der Waals surface area contributed by atoms with Crippen molar-refractivity contribution >= 4 is 0 Å². The standard InChI is InChI=1S/C21H20F3N3O3/c1-19(2)10-14-9-17(29-15-3-5-16(6-4-15)30-21(22,23)24)7-8-18(14)20(19,28)11-27-13-25-12-26-27/h3-9,12-13,28H,10-11H2,1-2H3. The lowest BCUT2D eigenvalue weighted by Crippen LogP contribution is -2.42. The van der Waals surface area contributed by atoms with Gasteiger partial charge in [0.2, 0.25) is 0 Å². The van der Waals surface area contributed by atoms with Crippen molar-refractivity contribution in [2.45, 2.75) is 38.8 Å². The van der Waals surface area contributed by atoms with Gasteiger partial charge in [0.05, 0.1) is 6.54 Å². The van der Waals surface area contributed by atoms with Crippen LogP contribution in [0.15, 0.2) is 55.1 Å². The van der Waals surface area contributed by atoms with E-state index in [-0.39, 0.29) is 12.3 Å². The quantitative estimate of drug-likeness (QED) is 0.662. The Morgan fingerprint density at radius 3 is 2.37 bits per heavy atom. The fourth-order valence-electron chi connectivity index (χ4n) is 3.86. The van der Waals surface area contributed by atoms with Gasteiger partial charge in [-0.15, -0.1) is 13.2 Å². The SMILES string of the molecule is CC1(C)Cc2cc(Oc3ccc(OC(F)(F)F)cc3)ccc2C1(O)Cn1cncn1. The summed E-state index contributed by atoms with van der Waals surface area (Å²) >= 11 is 0. The highest BCUT2D eigenvalue weighted by Crippen LogP contribution is 2.51. The minimum atomic E-state index is -4.74. The Morgan fingerprint density at radius 2 is 1.73 bits per heavy atom. The topological polar surface area (TPSA) is 69.4 Å². The molecule has 9 heteroatoms. The molecule has 1 aliphatic carbocycles. The number of halogens is 3. The summed E-state index contributed by atoms with van der Waals surface area (Å²) in [5.41, 5.74) is 0.156. The first-order valence-electron chi connectivity index (χ1n) is 9.28. The highest BCUT2D eigenvalue weighted by Gasteiger charge is 2.51. The summed E-state index contributed by atoms with van der Waals surface area (Å²) in [6.07, 6.45) is -1.12. The van der Waals surface area contributed by atoms with Crippen LogP contribution in [0, 0.1) is 5.41 Å². The van der Waals surface area contributed by atoms with Crippen LogP contribution in [0.1, 0.15) is 25.0 Å². The minimum absolute atomic E-state index is 0.272. The lowest BCUT2D eigenvalue weighted by atomic mass is 9.75. The van der Waals surface area contributed by atoms with E-state index in [9.17, 15) is 18.3 Å². The maximum absolute atomic E-state index is 12.3. The summed E-state index contributed by atoms with van der Waals surface area (Å²) in [6, 6.07) is 10.6. The molecule has 4 rings (SSSR count). The molecule has 0 spiro atoms. The summed E-state index contributed by atoms with van der Waals surface area (Å²) in [7, 11) is 0. The normalized spacial score (nSPS) is 20.1. The van der Waals surface area contributed by atoms with E-state index in [2.05, 4.69) is 14.8 Å². The Bertz CT molecular complexity index is 1030. The van der Waals surface area contributed by atoms with Crippen molar-refractivity contribution in [1.29, 1.82) is 0 Å². The average molecular weight is 419 g/mol. The zero-order valence-corrected chi connectivity index (χ0v) is 16.3. The Hall–Kier alpha value is -3.07. The maximum atomic E-state index is 12.3. The van der Waals surface area contributed by atoms with E-state index in [1.807, 2.05) is 26.0 Å². The Kier molecular flexibility index (Phi) is 4.73. The van der Waals surface area contributed by atoms with Crippen molar-refractivity contribution in [1.82, 2.24) is 14.8 Å². The molecule has 0 amide bonds. The second kappa shape index (κ2) is 7.02. The summed E-state index contributed by atoms with van der Waals surface area (Å²) in [4.78, 5) is 3.94. The second-order valence-corrected chi connectivity index (χ2v) is 7.95. The number of ether oxygens (including phenoxy) is 2. The van der Waals surface area contributed by atoms with Crippen LogP contribution in [-0.4, -0.2) is 26.2 Å². The molecule has 1 heterocycles. The van der Waals surface area contributed by atoms with Crippen molar-refractivity contribution in [3.63, 3.8) is 0 Å². The summed E-state index contributed by atoms with van der Waals surface area (Å²) in [5, 5.41) is 15.6. The lowest BCUT2D eigenvalue weighted by molar-refractivity contribution is -0.274. The molecule has 30 heavy (non-hydrogen) atoms. The van der Waals surface area contributed by atoms with Crippen LogP contribution in [0.3, 0.4) is 0 Å². The minimum Gasteiger partial charge on any atom is -0.457 e. The summed E-state index contributed by atoms with van der Waals surface area (Å²) < 4.78 is 48.1. The first kappa shape index (κ1) is 20.2. The smallest absolute Gasteiger partial charge is 0.457 e. The van der Waals surface area contributed by atoms with Crippen molar-refractivity contribution in [2.24, 2.45) is 5.41 Å². The third kappa shape index (κ3) is 3.85. The number of aliphatic hydroxyl groups is 1. The Morgan fingerprint density at radius 1 is 1.07 bits per heavy atom. The highest BCUT2D eigenvalue weighted by atomic mass is 19.4. The third-order valence-corrected chi connectivity index (χ3v) is 5.42. The Balaban J connectivity index is 1.55. The van der Waals surface area contributed by atoms with Crippen LogP contribution in [-0.2, 0) is 18.6 Å². The number of aromatic nitrogens is 3. The molecule has 0 fully saturated rings. The van der Waals surface area contributed by atoms with Crippen molar-refractivity contribution < 1.29 is 27.8 Å². The van der Waals surface area contributed by atoms with Crippen LogP contribution in [0.4, 0.5) is 13.2 Å². The van der Waals surface area contributed by atoms with Gasteiger partial charge in [-0.3, -0.25) is 0 Å². The molecule has 1 unspecified atom stereocenters. The molecule has 1 atom stereocenters. The fraction of sp³-hybridized carbons (Fsp3) is 0.333. The van der Waals surface area contributed by atoms with Gasteiger partial charge in [-0.2, -0.15) is 5.10 Å². The van der Waals surface area contributed by atoms with E-state index < -0.39 is 17.4 Å². The molecule has 0 saturated carbocycles. The van der Waals surface area contributed by atoms with E-state index in [4.69, 9.17) is 4.74 Å². The summed E-state index contributed by atoms with van der Waals surface area (Å²) in [5.74, 6) is 0.586. The molecule has 2 aromatic carbocycles. The first-order chi connectivity index (χ1) is 14.1. The van der Waals surface area contributed by atoms with Gasteiger partial charge in [0, 0.05) is 5.41 Å². The molecule has 1 aromatic heterocycles. The first-order valence-corrected chi connectivity index (χ1v) is 9.28. The number of fused-ring (bicyclic) bond motifs is 1. The van der Waals surface area contributed by atoms with Crippen molar-refractivity contribution in [3.8, 4) is 17.2 Å². The molecular formula is C21H20F3N3O3. The maximum Gasteiger partial charge on any atom is 0.573 e. The largest absolute Gasteiger partial charge is 0.573 e. The fourth-order valence-corrected chi connectivity index (χ4v) is 3.86. The second-order valence-electron chi connectivity index (χ2n) is 7.95. The van der Waals surface area contributed by atoms with Gasteiger partial charge in [0.1, 0.15) is 35.5 Å². The number of hydrogen-bond acceptors (Lipinski definition) is 5. The highest BCUT2D eigenvalue weighted by molar-refractivity contribution is 5.46. The van der Waals surface area contributed by atoms with E-state index >= 15 is 0 Å². The van der Waals surface area contributed by atoms with E-state index in [0.29, 0.717) is 17.9 Å². The number of alkyl halides is 3. The van der Waals surface area contributed by atoms with E-state index in [0.717, 1.165) is 11.1 Å². The lowest BCUT2D eigenvalue weighted by Gasteiger charge is -2.37. The van der Waals surface area contributed by atoms with Gasteiger partial charge in [0.15, 0.2) is 0 Å². The molecule has 3 aromatic rings. The average Bonchev–Trinajstić information content (AvgIpc) is 3.20. The third-order valence-electron chi connectivity index (χ3n) is 5.42.